The van der Waals surface area contributed by atoms with Crippen molar-refractivity contribution in [2.45, 2.75) is 40.0 Å². The normalized spacial score (nSPS) is 10.2. The van der Waals surface area contributed by atoms with Crippen LogP contribution in [-0.4, -0.2) is 28.1 Å². The molecule has 6 nitrogen and oxygen atoms in total. The van der Waals surface area contributed by atoms with Gasteiger partial charge in [-0.2, -0.15) is 0 Å². The van der Waals surface area contributed by atoms with Crippen LogP contribution in [0.4, 0.5) is 4.79 Å². The molecule has 1 aromatic rings. The van der Waals surface area contributed by atoms with Crippen LogP contribution in [-0.2, 0) is 0 Å². The summed E-state index contributed by atoms with van der Waals surface area (Å²) in [6.45, 7) is 6.76. The third kappa shape index (κ3) is 23.0. The molecule has 22 heavy (non-hydrogen) atoms. The van der Waals surface area contributed by atoms with Crippen LogP contribution >= 0.6 is 0 Å². The lowest BCUT2D eigenvalue weighted by atomic mass is 10.0. The van der Waals surface area contributed by atoms with Gasteiger partial charge in [-0.05, 0) is 45.1 Å². The summed E-state index contributed by atoms with van der Waals surface area (Å²) in [5.41, 5.74) is 1.09. The lowest BCUT2D eigenvalue weighted by Crippen LogP contribution is -1.96. The molecule has 1 atom stereocenters. The zero-order valence-electron chi connectivity index (χ0n) is 13.4. The monoisotopic (exact) mass is 314 g/mol. The highest BCUT2D eigenvalue weighted by Crippen LogP contribution is 2.10. The maximum Gasteiger partial charge on any atom is 0.503 e. The van der Waals surface area contributed by atoms with Gasteiger partial charge < -0.3 is 19.7 Å². The molecule has 0 radical (unpaired) electrons. The Morgan fingerprint density at radius 3 is 2.18 bits per heavy atom. The third-order valence-electron chi connectivity index (χ3n) is 2.44. The van der Waals surface area contributed by atoms with E-state index in [2.05, 4.69) is 31.3 Å². The van der Waals surface area contributed by atoms with E-state index in [0.717, 1.165) is 12.8 Å². The summed E-state index contributed by atoms with van der Waals surface area (Å²) in [7, 11) is 0. The molecule has 0 aromatic carbocycles. The molecule has 0 aliphatic rings. The Morgan fingerprint density at radius 1 is 1.27 bits per heavy atom. The Morgan fingerprint density at radius 2 is 1.86 bits per heavy atom. The Kier molecular flexibility index (Phi) is 15.5. The van der Waals surface area contributed by atoms with E-state index in [1.165, 1.54) is 24.3 Å². The van der Waals surface area contributed by atoms with Crippen molar-refractivity contribution >= 4 is 6.16 Å². The van der Waals surface area contributed by atoms with Crippen molar-refractivity contribution in [3.8, 4) is 0 Å². The van der Waals surface area contributed by atoms with Crippen LogP contribution < -0.4 is 5.63 Å². The molecule has 6 heteroatoms. The van der Waals surface area contributed by atoms with Gasteiger partial charge in [0.05, 0.1) is 6.26 Å². The molecule has 1 unspecified atom stereocenters. The van der Waals surface area contributed by atoms with Gasteiger partial charge in [-0.25, -0.2) is 9.59 Å². The van der Waals surface area contributed by atoms with Crippen LogP contribution in [0.1, 0.15) is 40.0 Å². The Balaban J connectivity index is 0. The predicted molar refractivity (Wildman–Crippen MR) is 85.2 cm³/mol. The fourth-order valence-corrected chi connectivity index (χ4v) is 1.35. The summed E-state index contributed by atoms with van der Waals surface area (Å²) in [5, 5.41) is 22.6. The summed E-state index contributed by atoms with van der Waals surface area (Å²) in [6, 6.07) is 4.65. The van der Waals surface area contributed by atoms with Crippen molar-refractivity contribution in [3.63, 3.8) is 0 Å². The maximum atomic E-state index is 10.1. The number of carboxylic acid groups (broad SMARTS) is 2. The number of aliphatic hydroxyl groups is 1. The Bertz CT molecular complexity index is 438. The van der Waals surface area contributed by atoms with E-state index in [1.54, 1.807) is 12.1 Å². The molecule has 1 aromatic heterocycles. The van der Waals surface area contributed by atoms with Gasteiger partial charge in [0.25, 0.3) is 0 Å². The molecule has 0 fully saturated rings. The van der Waals surface area contributed by atoms with E-state index in [0.29, 0.717) is 12.5 Å². The fraction of sp³-hybridized carbons (Fsp3) is 0.500. The SMILES string of the molecule is CC(C)=CCCC(C)CCO.O=C(O)O.O=c1cccco1. The summed E-state index contributed by atoms with van der Waals surface area (Å²) < 4.78 is 4.37. The zero-order chi connectivity index (χ0) is 17.4. The first kappa shape index (κ1) is 22.2. The number of hydrogen-bond donors (Lipinski definition) is 3. The number of hydrogen-bond acceptors (Lipinski definition) is 4. The van der Waals surface area contributed by atoms with Crippen molar-refractivity contribution in [3.05, 3.63) is 46.5 Å². The van der Waals surface area contributed by atoms with E-state index < -0.39 is 6.16 Å². The van der Waals surface area contributed by atoms with E-state index >= 15 is 0 Å². The molecule has 0 saturated carbocycles. The molecular formula is C16H26O6. The van der Waals surface area contributed by atoms with E-state index in [-0.39, 0.29) is 5.63 Å². The van der Waals surface area contributed by atoms with Crippen molar-refractivity contribution in [1.82, 2.24) is 0 Å². The van der Waals surface area contributed by atoms with Gasteiger partial charge >= 0.3 is 11.8 Å². The summed E-state index contributed by atoms with van der Waals surface area (Å²) in [5.74, 6) is 0.663. The smallest absolute Gasteiger partial charge is 0.450 e. The average Bonchev–Trinajstić information content (AvgIpc) is 2.39. The first-order valence-corrected chi connectivity index (χ1v) is 6.99. The first-order chi connectivity index (χ1) is 10.3. The first-order valence-electron chi connectivity index (χ1n) is 6.99. The standard InChI is InChI=1S/C10H20O.C5H4O2.CH2O3/c1-9(2)5-4-6-10(3)7-8-11;6-5-3-1-2-4-7-5;2-1(3)4/h5,10-11H,4,6-8H2,1-3H3;1-4H;(H2,2,3,4). The van der Waals surface area contributed by atoms with Crippen molar-refractivity contribution < 1.29 is 24.5 Å². The molecular weight excluding hydrogens is 288 g/mol. The topological polar surface area (TPSA) is 108 Å². The van der Waals surface area contributed by atoms with Crippen LogP contribution in [0.2, 0.25) is 0 Å². The molecule has 1 rings (SSSR count). The van der Waals surface area contributed by atoms with Gasteiger partial charge in [0.15, 0.2) is 0 Å². The number of allylic oxidation sites excluding steroid dienone is 2. The van der Waals surface area contributed by atoms with Crippen LogP contribution in [0.3, 0.4) is 0 Å². The highest BCUT2D eigenvalue weighted by Gasteiger charge is 1.98. The van der Waals surface area contributed by atoms with Crippen LogP contribution in [0.5, 0.6) is 0 Å². The minimum Gasteiger partial charge on any atom is -0.450 e. The van der Waals surface area contributed by atoms with Gasteiger partial charge in [0.2, 0.25) is 0 Å². The molecule has 0 saturated heterocycles. The second-order valence-electron chi connectivity index (χ2n) is 4.88. The third-order valence-corrected chi connectivity index (χ3v) is 2.44. The van der Waals surface area contributed by atoms with Crippen molar-refractivity contribution in [2.75, 3.05) is 6.61 Å². The van der Waals surface area contributed by atoms with Crippen LogP contribution in [0, 0.1) is 5.92 Å². The second kappa shape index (κ2) is 15.3. The van der Waals surface area contributed by atoms with Gasteiger partial charge in [-0.1, -0.05) is 24.6 Å². The van der Waals surface area contributed by atoms with Crippen molar-refractivity contribution in [1.29, 1.82) is 0 Å². The van der Waals surface area contributed by atoms with Gasteiger partial charge in [0, 0.05) is 12.7 Å². The van der Waals surface area contributed by atoms with Crippen LogP contribution in [0.15, 0.2) is 45.3 Å². The average molecular weight is 314 g/mol. The maximum absolute atomic E-state index is 10.1. The number of aliphatic hydroxyl groups excluding tert-OH is 1. The predicted octanol–water partition coefficient (Wildman–Crippen LogP) is 3.61. The molecule has 0 amide bonds. The lowest BCUT2D eigenvalue weighted by molar-refractivity contribution is 0.137. The van der Waals surface area contributed by atoms with Crippen LogP contribution in [0.25, 0.3) is 0 Å². The van der Waals surface area contributed by atoms with Gasteiger partial charge in [-0.3, -0.25) is 0 Å². The Labute approximate surface area is 130 Å². The molecule has 1 heterocycles. The van der Waals surface area contributed by atoms with Gasteiger partial charge in [0.1, 0.15) is 0 Å². The summed E-state index contributed by atoms with van der Waals surface area (Å²) in [4.78, 5) is 18.7. The summed E-state index contributed by atoms with van der Waals surface area (Å²) in [6.07, 6.45) is 5.07. The number of carbonyl (C=O) groups is 1. The number of rotatable bonds is 5. The minimum atomic E-state index is -1.83. The molecule has 0 bridgehead atoms. The molecule has 0 aliphatic carbocycles. The van der Waals surface area contributed by atoms with Gasteiger partial charge in [-0.15, -0.1) is 0 Å². The fourth-order valence-electron chi connectivity index (χ4n) is 1.35. The van der Waals surface area contributed by atoms with Crippen molar-refractivity contribution in [2.24, 2.45) is 5.92 Å². The second-order valence-corrected chi connectivity index (χ2v) is 4.88. The Hall–Kier alpha value is -2.08. The molecule has 0 spiro atoms. The van der Waals surface area contributed by atoms with E-state index in [4.69, 9.17) is 20.1 Å². The molecule has 0 aliphatic heterocycles. The largest absolute Gasteiger partial charge is 0.503 e. The van der Waals surface area contributed by atoms with E-state index in [1.807, 2.05) is 0 Å². The highest BCUT2D eigenvalue weighted by molar-refractivity contribution is 5.53. The lowest BCUT2D eigenvalue weighted by Gasteiger charge is -2.06. The zero-order valence-corrected chi connectivity index (χ0v) is 13.4. The highest BCUT2D eigenvalue weighted by atomic mass is 16.6. The summed E-state index contributed by atoms with van der Waals surface area (Å²) >= 11 is 0. The quantitative estimate of drug-likeness (QED) is 0.716. The molecule has 126 valence electrons. The van der Waals surface area contributed by atoms with E-state index in [9.17, 15) is 4.79 Å². The molecule has 3 N–H and O–H groups in total. The minimum absolute atomic E-state index is 0.303.